The van der Waals surface area contributed by atoms with Gasteiger partial charge in [-0.15, -0.1) is 10.2 Å². The van der Waals surface area contributed by atoms with Gasteiger partial charge in [0, 0.05) is 6.04 Å². The van der Waals surface area contributed by atoms with E-state index in [2.05, 4.69) is 29.4 Å². The third kappa shape index (κ3) is 5.42. The molecule has 0 fully saturated rings. The van der Waals surface area contributed by atoms with Gasteiger partial charge in [-0.2, -0.15) is 0 Å². The number of benzene rings is 2. The van der Waals surface area contributed by atoms with Crippen LogP contribution in [0.3, 0.4) is 0 Å². The third-order valence-corrected chi connectivity index (χ3v) is 7.09. The van der Waals surface area contributed by atoms with Crippen LogP contribution >= 0.6 is 11.8 Å². The lowest BCUT2D eigenvalue weighted by Crippen LogP contribution is -2.33. The summed E-state index contributed by atoms with van der Waals surface area (Å²) in [7, 11) is 0. The average molecular weight is 492 g/mol. The molecule has 2 heterocycles. The van der Waals surface area contributed by atoms with Crippen molar-refractivity contribution in [1.82, 2.24) is 24.5 Å². The molecule has 1 N–H and O–H groups in total. The highest BCUT2D eigenvalue weighted by Gasteiger charge is 2.20. The molecule has 184 valence electrons. The number of nitrogens with one attached hydrogen (secondary N) is 1. The van der Waals surface area contributed by atoms with Crippen LogP contribution < -0.4 is 10.9 Å². The standard InChI is InChI=1S/C27H33N5O2S/c1-17(2)9-8-10-20(5)28-24(33)16-35-27-30-29-26-31(23-15-18(3)13-14-19(23)4)25(34)21-11-6-7-12-22(21)32(26)27/h6-7,11-15,17,20H,8-10,16H2,1-5H3,(H,28,33)/t20-/m1/s1. The number of aromatic nitrogens is 4. The number of rotatable bonds is 9. The number of carbonyl (C=O) groups is 1. The lowest BCUT2D eigenvalue weighted by atomic mass is 10.0. The molecular formula is C27H33N5O2S. The first-order chi connectivity index (χ1) is 16.8. The Morgan fingerprint density at radius 1 is 1.06 bits per heavy atom. The van der Waals surface area contributed by atoms with Crippen molar-refractivity contribution in [2.75, 3.05) is 5.75 Å². The number of aryl methyl sites for hydroxylation is 2. The normalized spacial score (nSPS) is 12.5. The average Bonchev–Trinajstić information content (AvgIpc) is 3.23. The second-order valence-electron chi connectivity index (χ2n) is 9.65. The quantitative estimate of drug-likeness (QED) is 0.331. The SMILES string of the molecule is Cc1ccc(C)c(-n2c(=O)c3ccccc3n3c(SCC(=O)N[C@H](C)CCCC(C)C)nnc23)c1. The Morgan fingerprint density at radius 3 is 2.60 bits per heavy atom. The van der Waals surface area contributed by atoms with Gasteiger partial charge < -0.3 is 5.32 Å². The topological polar surface area (TPSA) is 81.3 Å². The summed E-state index contributed by atoms with van der Waals surface area (Å²) in [6, 6.07) is 13.6. The van der Waals surface area contributed by atoms with E-state index in [4.69, 9.17) is 0 Å². The van der Waals surface area contributed by atoms with E-state index in [-0.39, 0.29) is 23.3 Å². The molecule has 0 unspecified atom stereocenters. The van der Waals surface area contributed by atoms with Gasteiger partial charge in [-0.3, -0.25) is 14.0 Å². The van der Waals surface area contributed by atoms with Gasteiger partial charge in [0.25, 0.3) is 5.56 Å². The van der Waals surface area contributed by atoms with E-state index in [0.29, 0.717) is 22.2 Å². The Bertz CT molecular complexity index is 1420. The number of fused-ring (bicyclic) bond motifs is 3. The predicted octanol–water partition coefficient (Wildman–Crippen LogP) is 5.07. The molecule has 0 spiro atoms. The Kier molecular flexibility index (Phi) is 7.60. The van der Waals surface area contributed by atoms with Crippen molar-refractivity contribution in [3.05, 3.63) is 63.9 Å². The summed E-state index contributed by atoms with van der Waals surface area (Å²) in [6.07, 6.45) is 3.23. The van der Waals surface area contributed by atoms with Crippen LogP contribution in [0.25, 0.3) is 22.4 Å². The molecule has 0 aliphatic carbocycles. The van der Waals surface area contributed by atoms with Crippen LogP contribution in [0.1, 0.15) is 51.2 Å². The maximum atomic E-state index is 13.5. The molecule has 0 radical (unpaired) electrons. The van der Waals surface area contributed by atoms with E-state index < -0.39 is 0 Å². The monoisotopic (exact) mass is 491 g/mol. The molecule has 4 rings (SSSR count). The molecule has 7 nitrogen and oxygen atoms in total. The molecule has 4 aromatic rings. The van der Waals surface area contributed by atoms with Crippen molar-refractivity contribution in [3.63, 3.8) is 0 Å². The maximum Gasteiger partial charge on any atom is 0.267 e. The number of thioether (sulfide) groups is 1. The maximum absolute atomic E-state index is 13.5. The zero-order chi connectivity index (χ0) is 25.1. The molecular weight excluding hydrogens is 458 g/mol. The van der Waals surface area contributed by atoms with Crippen molar-refractivity contribution in [3.8, 4) is 5.69 Å². The molecule has 0 saturated heterocycles. The number of para-hydroxylation sites is 1. The number of hydrogen-bond donors (Lipinski definition) is 1. The summed E-state index contributed by atoms with van der Waals surface area (Å²) in [5.41, 5.74) is 3.39. The lowest BCUT2D eigenvalue weighted by molar-refractivity contribution is -0.119. The van der Waals surface area contributed by atoms with Crippen LogP contribution in [0.5, 0.6) is 0 Å². The molecule has 8 heteroatoms. The summed E-state index contributed by atoms with van der Waals surface area (Å²) in [4.78, 5) is 26.2. The molecule has 0 aliphatic rings. The van der Waals surface area contributed by atoms with Crippen LogP contribution in [0.15, 0.2) is 52.4 Å². The first-order valence-electron chi connectivity index (χ1n) is 12.1. The molecule has 1 atom stereocenters. The van der Waals surface area contributed by atoms with Gasteiger partial charge in [0.05, 0.1) is 22.3 Å². The number of carbonyl (C=O) groups excluding carboxylic acids is 1. The van der Waals surface area contributed by atoms with E-state index in [1.54, 1.807) is 4.57 Å². The zero-order valence-electron chi connectivity index (χ0n) is 21.0. The van der Waals surface area contributed by atoms with Crippen LogP contribution in [0, 0.1) is 19.8 Å². The fraction of sp³-hybridized carbons (Fsp3) is 0.407. The van der Waals surface area contributed by atoms with E-state index in [1.165, 1.54) is 11.8 Å². The zero-order valence-corrected chi connectivity index (χ0v) is 21.9. The Morgan fingerprint density at radius 2 is 1.83 bits per heavy atom. The Balaban J connectivity index is 1.66. The molecule has 2 aromatic carbocycles. The second-order valence-corrected chi connectivity index (χ2v) is 10.6. The highest BCUT2D eigenvalue weighted by Crippen LogP contribution is 2.24. The Labute approximate surface area is 210 Å². The molecule has 1 amide bonds. The highest BCUT2D eigenvalue weighted by atomic mass is 32.2. The predicted molar refractivity (Wildman–Crippen MR) is 143 cm³/mol. The summed E-state index contributed by atoms with van der Waals surface area (Å²) in [5.74, 6) is 1.31. The van der Waals surface area contributed by atoms with Gasteiger partial charge in [-0.1, -0.05) is 62.7 Å². The molecule has 0 bridgehead atoms. The van der Waals surface area contributed by atoms with E-state index in [0.717, 1.165) is 41.6 Å². The van der Waals surface area contributed by atoms with Gasteiger partial charge in [0.15, 0.2) is 5.16 Å². The minimum absolute atomic E-state index is 0.0315. The van der Waals surface area contributed by atoms with Gasteiger partial charge in [-0.25, -0.2) is 4.57 Å². The molecule has 2 aromatic heterocycles. The van der Waals surface area contributed by atoms with Gasteiger partial charge in [0.1, 0.15) is 0 Å². The number of hydrogen-bond acceptors (Lipinski definition) is 5. The Hall–Kier alpha value is -3.13. The number of amides is 1. The first-order valence-corrected chi connectivity index (χ1v) is 13.1. The summed E-state index contributed by atoms with van der Waals surface area (Å²) >= 11 is 1.33. The minimum Gasteiger partial charge on any atom is -0.353 e. The second kappa shape index (κ2) is 10.6. The fourth-order valence-corrected chi connectivity index (χ4v) is 5.05. The van der Waals surface area contributed by atoms with Crippen LogP contribution in [-0.4, -0.2) is 36.9 Å². The van der Waals surface area contributed by atoms with Crippen molar-refractivity contribution in [2.45, 2.75) is 65.1 Å². The third-order valence-electron chi connectivity index (χ3n) is 6.16. The van der Waals surface area contributed by atoms with Crippen LogP contribution in [-0.2, 0) is 4.79 Å². The number of nitrogens with zero attached hydrogens (tertiary/aromatic N) is 4. The fourth-order valence-electron chi connectivity index (χ4n) is 4.30. The summed E-state index contributed by atoms with van der Waals surface area (Å²) < 4.78 is 3.50. The van der Waals surface area contributed by atoms with Crippen molar-refractivity contribution in [1.29, 1.82) is 0 Å². The van der Waals surface area contributed by atoms with E-state index in [9.17, 15) is 9.59 Å². The molecule has 0 aliphatic heterocycles. The molecule has 0 saturated carbocycles. The van der Waals surface area contributed by atoms with Crippen molar-refractivity contribution in [2.24, 2.45) is 5.92 Å². The first kappa shape index (κ1) is 25.0. The van der Waals surface area contributed by atoms with Crippen LogP contribution in [0.2, 0.25) is 0 Å². The smallest absolute Gasteiger partial charge is 0.267 e. The highest BCUT2D eigenvalue weighted by molar-refractivity contribution is 7.99. The lowest BCUT2D eigenvalue weighted by Gasteiger charge is -2.15. The van der Waals surface area contributed by atoms with Gasteiger partial charge in [0.2, 0.25) is 11.7 Å². The van der Waals surface area contributed by atoms with Crippen molar-refractivity contribution >= 4 is 34.3 Å². The van der Waals surface area contributed by atoms with Crippen LogP contribution in [0.4, 0.5) is 0 Å². The van der Waals surface area contributed by atoms with Gasteiger partial charge >= 0.3 is 0 Å². The largest absolute Gasteiger partial charge is 0.353 e. The van der Waals surface area contributed by atoms with E-state index >= 15 is 0 Å². The van der Waals surface area contributed by atoms with E-state index in [1.807, 2.05) is 67.6 Å². The summed E-state index contributed by atoms with van der Waals surface area (Å²) in [6.45, 7) is 10.5. The molecule has 35 heavy (non-hydrogen) atoms. The minimum atomic E-state index is -0.140. The van der Waals surface area contributed by atoms with Gasteiger partial charge in [-0.05, 0) is 62.4 Å². The van der Waals surface area contributed by atoms with Crippen molar-refractivity contribution < 1.29 is 4.79 Å². The summed E-state index contributed by atoms with van der Waals surface area (Å²) in [5, 5.41) is 13.0.